The summed E-state index contributed by atoms with van der Waals surface area (Å²) in [6.45, 7) is 10.1. The van der Waals surface area contributed by atoms with Crippen LogP contribution in [-0.2, 0) is 6.54 Å². The Morgan fingerprint density at radius 2 is 2.22 bits per heavy atom. The fourth-order valence-electron chi connectivity index (χ4n) is 3.23. The van der Waals surface area contributed by atoms with Crippen molar-refractivity contribution in [2.45, 2.75) is 59.5 Å². The summed E-state index contributed by atoms with van der Waals surface area (Å²) in [6.07, 6.45) is 5.86. The minimum atomic E-state index is 0.657. The van der Waals surface area contributed by atoms with Gasteiger partial charge in [-0.15, -0.1) is 0 Å². The molecule has 1 aliphatic rings. The highest BCUT2D eigenvalue weighted by atomic mass is 15.0. The summed E-state index contributed by atoms with van der Waals surface area (Å²) >= 11 is 0. The zero-order valence-corrected chi connectivity index (χ0v) is 12.2. The Balaban J connectivity index is 1.94. The van der Waals surface area contributed by atoms with Crippen LogP contribution in [0.2, 0.25) is 0 Å². The summed E-state index contributed by atoms with van der Waals surface area (Å²) in [7, 11) is 0. The van der Waals surface area contributed by atoms with E-state index in [4.69, 9.17) is 0 Å². The second kappa shape index (κ2) is 5.87. The Morgan fingerprint density at radius 3 is 2.83 bits per heavy atom. The summed E-state index contributed by atoms with van der Waals surface area (Å²) in [5.74, 6) is 2.45. The SMILES string of the molecule is Cc1[nH]cnc1CNC1CC(C)CCC1C(C)C. The third-order valence-corrected chi connectivity index (χ3v) is 4.49. The number of hydrogen-bond acceptors (Lipinski definition) is 2. The Bertz CT molecular complexity index is 370. The number of rotatable bonds is 4. The lowest BCUT2D eigenvalue weighted by molar-refractivity contribution is 0.169. The molecule has 2 N–H and O–H groups in total. The molecule has 1 aromatic rings. The van der Waals surface area contributed by atoms with Crippen LogP contribution < -0.4 is 5.32 Å². The van der Waals surface area contributed by atoms with Crippen molar-refractivity contribution in [3.05, 3.63) is 17.7 Å². The van der Waals surface area contributed by atoms with E-state index in [9.17, 15) is 0 Å². The Morgan fingerprint density at radius 1 is 1.44 bits per heavy atom. The van der Waals surface area contributed by atoms with Gasteiger partial charge in [-0.05, 0) is 37.5 Å². The zero-order valence-electron chi connectivity index (χ0n) is 12.2. The Labute approximate surface area is 111 Å². The van der Waals surface area contributed by atoms with E-state index in [1.807, 2.05) is 0 Å². The minimum absolute atomic E-state index is 0.657. The molecule has 0 amide bonds. The van der Waals surface area contributed by atoms with E-state index < -0.39 is 0 Å². The summed E-state index contributed by atoms with van der Waals surface area (Å²) in [6, 6.07) is 0.657. The van der Waals surface area contributed by atoms with Crippen molar-refractivity contribution in [1.82, 2.24) is 15.3 Å². The third-order valence-electron chi connectivity index (χ3n) is 4.49. The van der Waals surface area contributed by atoms with Gasteiger partial charge in [0.25, 0.3) is 0 Å². The van der Waals surface area contributed by atoms with Gasteiger partial charge in [0.05, 0.1) is 12.0 Å². The number of nitrogens with one attached hydrogen (secondary N) is 2. The molecule has 1 saturated carbocycles. The van der Waals surface area contributed by atoms with Crippen LogP contribution in [0.1, 0.15) is 51.4 Å². The van der Waals surface area contributed by atoms with Gasteiger partial charge in [0, 0.05) is 18.3 Å². The number of H-pyrrole nitrogens is 1. The van der Waals surface area contributed by atoms with Crippen molar-refractivity contribution in [2.24, 2.45) is 17.8 Å². The Kier molecular flexibility index (Phi) is 4.44. The molecule has 0 aromatic carbocycles. The first kappa shape index (κ1) is 13.6. The first-order chi connectivity index (χ1) is 8.58. The van der Waals surface area contributed by atoms with E-state index in [0.717, 1.165) is 30.0 Å². The smallest absolute Gasteiger partial charge is 0.0925 e. The lowest BCUT2D eigenvalue weighted by Crippen LogP contribution is -2.42. The maximum atomic E-state index is 4.37. The molecule has 3 nitrogen and oxygen atoms in total. The molecule has 0 radical (unpaired) electrons. The summed E-state index contributed by atoms with van der Waals surface area (Å²) in [5, 5.41) is 3.74. The fraction of sp³-hybridized carbons (Fsp3) is 0.800. The van der Waals surface area contributed by atoms with Crippen LogP contribution in [0.25, 0.3) is 0 Å². The zero-order chi connectivity index (χ0) is 13.1. The highest BCUT2D eigenvalue weighted by Crippen LogP contribution is 2.33. The molecule has 18 heavy (non-hydrogen) atoms. The van der Waals surface area contributed by atoms with Crippen molar-refractivity contribution >= 4 is 0 Å². The molecule has 102 valence electrons. The molecule has 0 bridgehead atoms. The van der Waals surface area contributed by atoms with Crippen molar-refractivity contribution in [3.63, 3.8) is 0 Å². The molecule has 0 aliphatic heterocycles. The summed E-state index contributed by atoms with van der Waals surface area (Å²) in [5.41, 5.74) is 2.35. The molecule has 3 atom stereocenters. The van der Waals surface area contributed by atoms with Crippen molar-refractivity contribution in [2.75, 3.05) is 0 Å². The van der Waals surface area contributed by atoms with Crippen LogP contribution in [0.5, 0.6) is 0 Å². The molecule has 0 saturated heterocycles. The van der Waals surface area contributed by atoms with Crippen LogP contribution in [-0.4, -0.2) is 16.0 Å². The molecule has 2 rings (SSSR count). The second-order valence-corrected chi connectivity index (χ2v) is 6.29. The lowest BCUT2D eigenvalue weighted by atomic mass is 9.74. The van der Waals surface area contributed by atoms with Crippen LogP contribution in [0.4, 0.5) is 0 Å². The van der Waals surface area contributed by atoms with Gasteiger partial charge >= 0.3 is 0 Å². The number of aromatic nitrogens is 2. The van der Waals surface area contributed by atoms with E-state index in [2.05, 4.69) is 43.0 Å². The van der Waals surface area contributed by atoms with Crippen molar-refractivity contribution < 1.29 is 0 Å². The summed E-state index contributed by atoms with van der Waals surface area (Å²) in [4.78, 5) is 7.52. The molecule has 3 heteroatoms. The van der Waals surface area contributed by atoms with Gasteiger partial charge in [-0.2, -0.15) is 0 Å². The van der Waals surface area contributed by atoms with Gasteiger partial charge in [0.1, 0.15) is 0 Å². The van der Waals surface area contributed by atoms with E-state index >= 15 is 0 Å². The van der Waals surface area contributed by atoms with E-state index in [-0.39, 0.29) is 0 Å². The first-order valence-corrected chi connectivity index (χ1v) is 7.30. The third kappa shape index (κ3) is 3.14. The molecule has 3 unspecified atom stereocenters. The standard InChI is InChI=1S/C15H27N3/c1-10(2)13-6-5-11(3)7-14(13)16-8-15-12(4)17-9-18-15/h9-11,13-14,16H,5-8H2,1-4H3,(H,17,18). The van der Waals surface area contributed by atoms with Gasteiger partial charge in [-0.25, -0.2) is 4.98 Å². The van der Waals surface area contributed by atoms with E-state index in [1.165, 1.54) is 25.0 Å². The van der Waals surface area contributed by atoms with Crippen LogP contribution >= 0.6 is 0 Å². The number of aryl methyl sites for hydroxylation is 1. The first-order valence-electron chi connectivity index (χ1n) is 7.30. The molecule has 0 spiro atoms. The van der Waals surface area contributed by atoms with Crippen molar-refractivity contribution in [3.8, 4) is 0 Å². The van der Waals surface area contributed by atoms with E-state index in [0.29, 0.717) is 6.04 Å². The van der Waals surface area contributed by atoms with E-state index in [1.54, 1.807) is 6.33 Å². The van der Waals surface area contributed by atoms with Gasteiger partial charge in [-0.1, -0.05) is 27.2 Å². The maximum Gasteiger partial charge on any atom is 0.0925 e. The molecular weight excluding hydrogens is 222 g/mol. The lowest BCUT2D eigenvalue weighted by Gasteiger charge is -2.38. The largest absolute Gasteiger partial charge is 0.348 e. The Hall–Kier alpha value is -0.830. The normalized spacial score (nSPS) is 28.8. The maximum absolute atomic E-state index is 4.37. The number of nitrogens with zero attached hydrogens (tertiary/aromatic N) is 1. The van der Waals surface area contributed by atoms with Crippen LogP contribution in [0.15, 0.2) is 6.33 Å². The molecular formula is C15H27N3. The second-order valence-electron chi connectivity index (χ2n) is 6.29. The van der Waals surface area contributed by atoms with Gasteiger partial charge in [0.15, 0.2) is 0 Å². The topological polar surface area (TPSA) is 40.7 Å². The monoisotopic (exact) mass is 249 g/mol. The molecule has 1 aliphatic carbocycles. The fourth-order valence-corrected chi connectivity index (χ4v) is 3.23. The molecule has 1 fully saturated rings. The van der Waals surface area contributed by atoms with Crippen molar-refractivity contribution in [1.29, 1.82) is 0 Å². The highest BCUT2D eigenvalue weighted by Gasteiger charge is 2.30. The molecule has 1 aromatic heterocycles. The summed E-state index contributed by atoms with van der Waals surface area (Å²) < 4.78 is 0. The average Bonchev–Trinajstić information content (AvgIpc) is 2.72. The highest BCUT2D eigenvalue weighted by molar-refractivity contribution is 5.08. The number of hydrogen-bond donors (Lipinski definition) is 2. The van der Waals surface area contributed by atoms with Crippen LogP contribution in [0, 0.1) is 24.7 Å². The minimum Gasteiger partial charge on any atom is -0.348 e. The quantitative estimate of drug-likeness (QED) is 0.860. The predicted octanol–water partition coefficient (Wildman–Crippen LogP) is 3.27. The van der Waals surface area contributed by atoms with Gasteiger partial charge < -0.3 is 10.3 Å². The van der Waals surface area contributed by atoms with Gasteiger partial charge in [-0.3, -0.25) is 0 Å². The number of imidazole rings is 1. The van der Waals surface area contributed by atoms with Crippen LogP contribution in [0.3, 0.4) is 0 Å². The number of aromatic amines is 1. The average molecular weight is 249 g/mol. The molecule has 1 heterocycles. The van der Waals surface area contributed by atoms with Gasteiger partial charge in [0.2, 0.25) is 0 Å². The predicted molar refractivity (Wildman–Crippen MR) is 75.3 cm³/mol.